The summed E-state index contributed by atoms with van der Waals surface area (Å²) in [5.41, 5.74) is 3.83. The molecule has 1 fully saturated rings. The number of rotatable bonds is 1. The Morgan fingerprint density at radius 3 is 2.67 bits per heavy atom. The number of aliphatic hydroxyl groups excluding tert-OH is 1. The molecule has 1 rings (SSSR count). The van der Waals surface area contributed by atoms with Gasteiger partial charge in [-0.1, -0.05) is 6.42 Å². The Hall–Kier alpha value is -0.0800. The molecule has 1 saturated carbocycles. The van der Waals surface area contributed by atoms with Gasteiger partial charge in [0.05, 0.1) is 12.6 Å². The molecule has 0 aromatic heterocycles. The van der Waals surface area contributed by atoms with Gasteiger partial charge in [0.2, 0.25) is 0 Å². The van der Waals surface area contributed by atoms with Crippen molar-refractivity contribution in [1.82, 2.24) is 0 Å². The largest absolute Gasteiger partial charge is 0.393 e. The molecule has 0 amide bonds. The van der Waals surface area contributed by atoms with Gasteiger partial charge in [0.1, 0.15) is 0 Å². The first-order valence-corrected chi connectivity index (χ1v) is 3.80. The van der Waals surface area contributed by atoms with Gasteiger partial charge in [0, 0.05) is 5.92 Å². The zero-order valence-corrected chi connectivity index (χ0v) is 5.84. The SMILES string of the molecule is [NH3+]C[C@@H]1CCC[C@H](O)C1. The molecular weight excluding hydrogens is 114 g/mol. The fraction of sp³-hybridized carbons (Fsp3) is 1.00. The normalized spacial score (nSPS) is 36.7. The van der Waals surface area contributed by atoms with Crippen molar-refractivity contribution in [2.24, 2.45) is 5.92 Å². The monoisotopic (exact) mass is 130 g/mol. The van der Waals surface area contributed by atoms with Crippen LogP contribution in [0.5, 0.6) is 0 Å². The third kappa shape index (κ3) is 1.95. The molecule has 4 N–H and O–H groups in total. The Kier molecular flexibility index (Phi) is 2.49. The Morgan fingerprint density at radius 1 is 1.44 bits per heavy atom. The summed E-state index contributed by atoms with van der Waals surface area (Å²) in [6.07, 6.45) is 4.45. The van der Waals surface area contributed by atoms with E-state index in [-0.39, 0.29) is 6.10 Å². The molecule has 0 unspecified atom stereocenters. The predicted molar refractivity (Wildman–Crippen MR) is 35.7 cm³/mol. The molecule has 0 radical (unpaired) electrons. The fourth-order valence-corrected chi connectivity index (χ4v) is 1.52. The number of quaternary nitrogens is 1. The van der Waals surface area contributed by atoms with E-state index in [4.69, 9.17) is 0 Å². The van der Waals surface area contributed by atoms with E-state index in [1.807, 2.05) is 0 Å². The van der Waals surface area contributed by atoms with Crippen LogP contribution in [0.1, 0.15) is 25.7 Å². The van der Waals surface area contributed by atoms with E-state index in [0.717, 1.165) is 19.4 Å². The number of hydrogen-bond donors (Lipinski definition) is 2. The highest BCUT2D eigenvalue weighted by molar-refractivity contribution is 4.70. The van der Waals surface area contributed by atoms with Crippen LogP contribution in [-0.2, 0) is 0 Å². The van der Waals surface area contributed by atoms with Gasteiger partial charge in [0.25, 0.3) is 0 Å². The number of hydrogen-bond acceptors (Lipinski definition) is 1. The molecule has 0 bridgehead atoms. The van der Waals surface area contributed by atoms with Crippen molar-refractivity contribution in [2.75, 3.05) is 6.54 Å². The zero-order valence-electron chi connectivity index (χ0n) is 5.84. The van der Waals surface area contributed by atoms with Gasteiger partial charge in [-0.3, -0.25) is 0 Å². The maximum atomic E-state index is 9.18. The maximum absolute atomic E-state index is 9.18. The smallest absolute Gasteiger partial charge is 0.0769 e. The molecule has 1 aliphatic carbocycles. The van der Waals surface area contributed by atoms with Crippen molar-refractivity contribution in [2.45, 2.75) is 31.8 Å². The summed E-state index contributed by atoms with van der Waals surface area (Å²) >= 11 is 0. The van der Waals surface area contributed by atoms with E-state index in [1.54, 1.807) is 0 Å². The van der Waals surface area contributed by atoms with Crippen LogP contribution in [0.3, 0.4) is 0 Å². The molecule has 0 spiro atoms. The van der Waals surface area contributed by atoms with Crippen LogP contribution in [0, 0.1) is 5.92 Å². The molecule has 0 aliphatic heterocycles. The summed E-state index contributed by atoms with van der Waals surface area (Å²) in [6, 6.07) is 0. The van der Waals surface area contributed by atoms with Gasteiger partial charge in [-0.05, 0) is 19.3 Å². The minimum Gasteiger partial charge on any atom is -0.393 e. The van der Waals surface area contributed by atoms with Gasteiger partial charge >= 0.3 is 0 Å². The fourth-order valence-electron chi connectivity index (χ4n) is 1.52. The summed E-state index contributed by atoms with van der Waals surface area (Å²) in [6.45, 7) is 0.997. The van der Waals surface area contributed by atoms with E-state index >= 15 is 0 Å². The van der Waals surface area contributed by atoms with Gasteiger partial charge in [-0.15, -0.1) is 0 Å². The van der Waals surface area contributed by atoms with Crippen molar-refractivity contribution in [1.29, 1.82) is 0 Å². The molecule has 0 aromatic carbocycles. The van der Waals surface area contributed by atoms with Gasteiger partial charge in [-0.2, -0.15) is 0 Å². The predicted octanol–water partition coefficient (Wildman–Crippen LogP) is -0.221. The molecule has 2 atom stereocenters. The van der Waals surface area contributed by atoms with Crippen molar-refractivity contribution in [3.05, 3.63) is 0 Å². The second-order valence-electron chi connectivity index (χ2n) is 2.98. The highest BCUT2D eigenvalue weighted by Gasteiger charge is 2.19. The third-order valence-electron chi connectivity index (χ3n) is 2.16. The average Bonchev–Trinajstić information content (AvgIpc) is 1.88. The molecule has 0 aromatic rings. The van der Waals surface area contributed by atoms with Crippen LogP contribution in [0.2, 0.25) is 0 Å². The maximum Gasteiger partial charge on any atom is 0.0769 e. The molecular formula is C7H16NO+. The van der Waals surface area contributed by atoms with E-state index in [2.05, 4.69) is 5.73 Å². The van der Waals surface area contributed by atoms with Crippen molar-refractivity contribution < 1.29 is 10.8 Å². The summed E-state index contributed by atoms with van der Waals surface area (Å²) in [5.74, 6) is 0.703. The average molecular weight is 130 g/mol. The molecule has 1 aliphatic rings. The van der Waals surface area contributed by atoms with E-state index in [9.17, 15) is 5.11 Å². The van der Waals surface area contributed by atoms with Crippen LogP contribution in [0.25, 0.3) is 0 Å². The highest BCUT2D eigenvalue weighted by atomic mass is 16.3. The molecule has 9 heavy (non-hydrogen) atoms. The van der Waals surface area contributed by atoms with Crippen LogP contribution < -0.4 is 5.73 Å². The molecule has 2 nitrogen and oxygen atoms in total. The highest BCUT2D eigenvalue weighted by Crippen LogP contribution is 2.22. The Bertz CT molecular complexity index is 85.0. The minimum absolute atomic E-state index is 0.0227. The Balaban J connectivity index is 2.23. The second-order valence-corrected chi connectivity index (χ2v) is 2.98. The number of aliphatic hydroxyl groups is 1. The first-order valence-electron chi connectivity index (χ1n) is 3.80. The first kappa shape index (κ1) is 7.03. The lowest BCUT2D eigenvalue weighted by atomic mass is 9.87. The van der Waals surface area contributed by atoms with E-state index in [0.29, 0.717) is 5.92 Å². The minimum atomic E-state index is -0.0227. The van der Waals surface area contributed by atoms with Gasteiger partial charge in [0.15, 0.2) is 0 Å². The first-order chi connectivity index (χ1) is 4.33. The quantitative estimate of drug-likeness (QED) is 0.506. The zero-order chi connectivity index (χ0) is 6.69. The Labute approximate surface area is 56.1 Å². The van der Waals surface area contributed by atoms with Crippen LogP contribution >= 0.6 is 0 Å². The van der Waals surface area contributed by atoms with Gasteiger partial charge < -0.3 is 10.8 Å². The lowest BCUT2D eigenvalue weighted by Crippen LogP contribution is -2.54. The van der Waals surface area contributed by atoms with Crippen LogP contribution in [0.15, 0.2) is 0 Å². The summed E-state index contributed by atoms with van der Waals surface area (Å²) in [7, 11) is 0. The van der Waals surface area contributed by atoms with Crippen molar-refractivity contribution >= 4 is 0 Å². The molecule has 0 heterocycles. The molecule has 2 heteroatoms. The van der Waals surface area contributed by atoms with E-state index in [1.165, 1.54) is 12.8 Å². The second kappa shape index (κ2) is 3.18. The van der Waals surface area contributed by atoms with E-state index < -0.39 is 0 Å². The lowest BCUT2D eigenvalue weighted by Gasteiger charge is -2.22. The van der Waals surface area contributed by atoms with Crippen molar-refractivity contribution in [3.63, 3.8) is 0 Å². The van der Waals surface area contributed by atoms with Gasteiger partial charge in [-0.25, -0.2) is 0 Å². The Morgan fingerprint density at radius 2 is 2.22 bits per heavy atom. The van der Waals surface area contributed by atoms with Crippen LogP contribution in [-0.4, -0.2) is 17.8 Å². The molecule has 0 saturated heterocycles. The molecule has 54 valence electrons. The summed E-state index contributed by atoms with van der Waals surface area (Å²) in [5, 5.41) is 9.18. The standard InChI is InChI=1S/C7H15NO/c8-5-6-2-1-3-7(9)4-6/h6-7,9H,1-5,8H2/p+1/t6-,7+/m1/s1. The topological polar surface area (TPSA) is 47.9 Å². The van der Waals surface area contributed by atoms with Crippen molar-refractivity contribution in [3.8, 4) is 0 Å². The van der Waals surface area contributed by atoms with Crippen LogP contribution in [0.4, 0.5) is 0 Å². The summed E-state index contributed by atoms with van der Waals surface area (Å²) in [4.78, 5) is 0. The summed E-state index contributed by atoms with van der Waals surface area (Å²) < 4.78 is 0. The lowest BCUT2D eigenvalue weighted by molar-refractivity contribution is -0.381. The third-order valence-corrected chi connectivity index (χ3v) is 2.16.